The Balaban J connectivity index is 1.60. The van der Waals surface area contributed by atoms with E-state index in [0.29, 0.717) is 26.2 Å². The molecule has 1 amide bonds. The van der Waals surface area contributed by atoms with E-state index in [2.05, 4.69) is 4.98 Å². The van der Waals surface area contributed by atoms with Gasteiger partial charge in [0.15, 0.2) is 0 Å². The number of carbonyl (C=O) groups excluding carboxylic acids is 1. The standard InChI is InChI=1S/C15H18F3N3O/c16-15(17,18)13-12(2-1-5-19-13)10-20-6-8-21(9-7-20)14(22)11-3-4-11/h1-2,5,11H,3-4,6-10H2. The van der Waals surface area contributed by atoms with Crippen molar-refractivity contribution in [3.05, 3.63) is 29.6 Å². The lowest BCUT2D eigenvalue weighted by molar-refractivity contribution is -0.142. The molecule has 1 aromatic rings. The fourth-order valence-corrected chi connectivity index (χ4v) is 2.78. The third-order valence-electron chi connectivity index (χ3n) is 4.16. The van der Waals surface area contributed by atoms with Crippen LogP contribution in [0.2, 0.25) is 0 Å². The number of hydrogen-bond donors (Lipinski definition) is 0. The highest BCUT2D eigenvalue weighted by Gasteiger charge is 2.37. The summed E-state index contributed by atoms with van der Waals surface area (Å²) in [5.74, 6) is 0.402. The summed E-state index contributed by atoms with van der Waals surface area (Å²) in [5.41, 5.74) is -0.622. The zero-order valence-electron chi connectivity index (χ0n) is 12.1. The van der Waals surface area contributed by atoms with Crippen molar-refractivity contribution in [1.82, 2.24) is 14.8 Å². The normalized spacial score (nSPS) is 20.2. The van der Waals surface area contributed by atoms with Crippen molar-refractivity contribution in [2.75, 3.05) is 26.2 Å². The van der Waals surface area contributed by atoms with Crippen LogP contribution in [0.15, 0.2) is 18.3 Å². The number of halogens is 3. The van der Waals surface area contributed by atoms with E-state index in [1.165, 1.54) is 18.3 Å². The van der Waals surface area contributed by atoms with Gasteiger partial charge in [0, 0.05) is 44.8 Å². The molecular weight excluding hydrogens is 295 g/mol. The van der Waals surface area contributed by atoms with Crippen molar-refractivity contribution < 1.29 is 18.0 Å². The molecule has 7 heteroatoms. The quantitative estimate of drug-likeness (QED) is 0.858. The molecule has 0 spiro atoms. The highest BCUT2D eigenvalue weighted by Crippen LogP contribution is 2.32. The number of hydrogen-bond acceptors (Lipinski definition) is 3. The molecule has 0 bridgehead atoms. The smallest absolute Gasteiger partial charge is 0.340 e. The number of pyridine rings is 1. The van der Waals surface area contributed by atoms with Crippen molar-refractivity contribution in [3.63, 3.8) is 0 Å². The van der Waals surface area contributed by atoms with E-state index in [-0.39, 0.29) is 23.9 Å². The Bertz CT molecular complexity index is 549. The molecule has 0 radical (unpaired) electrons. The Morgan fingerprint density at radius 1 is 1.23 bits per heavy atom. The van der Waals surface area contributed by atoms with E-state index in [1.807, 2.05) is 9.80 Å². The van der Waals surface area contributed by atoms with E-state index < -0.39 is 11.9 Å². The van der Waals surface area contributed by atoms with Crippen LogP contribution in [0.25, 0.3) is 0 Å². The van der Waals surface area contributed by atoms with Crippen LogP contribution in [0, 0.1) is 5.92 Å². The van der Waals surface area contributed by atoms with Crippen molar-refractivity contribution in [2.45, 2.75) is 25.6 Å². The molecule has 1 saturated carbocycles. The van der Waals surface area contributed by atoms with E-state index in [4.69, 9.17) is 0 Å². The predicted octanol–water partition coefficient (Wildman–Crippen LogP) is 2.15. The monoisotopic (exact) mass is 313 g/mol. The number of rotatable bonds is 3. The van der Waals surface area contributed by atoms with Crippen molar-refractivity contribution in [1.29, 1.82) is 0 Å². The second kappa shape index (κ2) is 5.87. The number of aromatic nitrogens is 1. The van der Waals surface area contributed by atoms with E-state index in [0.717, 1.165) is 12.8 Å². The second-order valence-corrected chi connectivity index (χ2v) is 5.88. The maximum absolute atomic E-state index is 12.9. The van der Waals surface area contributed by atoms with Crippen LogP contribution in [0.3, 0.4) is 0 Å². The fraction of sp³-hybridized carbons (Fsp3) is 0.600. The first-order valence-electron chi connectivity index (χ1n) is 7.47. The molecule has 1 saturated heterocycles. The molecule has 1 aromatic heterocycles. The van der Waals surface area contributed by atoms with Crippen LogP contribution in [-0.4, -0.2) is 46.9 Å². The topological polar surface area (TPSA) is 36.4 Å². The predicted molar refractivity (Wildman–Crippen MR) is 73.8 cm³/mol. The third kappa shape index (κ3) is 3.40. The first-order chi connectivity index (χ1) is 10.4. The van der Waals surface area contributed by atoms with Crippen molar-refractivity contribution in [2.24, 2.45) is 5.92 Å². The van der Waals surface area contributed by atoms with Crippen LogP contribution in [-0.2, 0) is 17.5 Å². The van der Waals surface area contributed by atoms with Gasteiger partial charge >= 0.3 is 6.18 Å². The third-order valence-corrected chi connectivity index (χ3v) is 4.16. The molecule has 1 aliphatic carbocycles. The van der Waals surface area contributed by atoms with Gasteiger partial charge < -0.3 is 4.90 Å². The summed E-state index contributed by atoms with van der Waals surface area (Å²) in [4.78, 5) is 19.2. The first-order valence-corrected chi connectivity index (χ1v) is 7.47. The lowest BCUT2D eigenvalue weighted by atomic mass is 10.1. The van der Waals surface area contributed by atoms with Crippen molar-refractivity contribution in [3.8, 4) is 0 Å². The fourth-order valence-electron chi connectivity index (χ4n) is 2.78. The Morgan fingerprint density at radius 3 is 2.50 bits per heavy atom. The average Bonchev–Trinajstić information content (AvgIpc) is 3.31. The van der Waals surface area contributed by atoms with Gasteiger partial charge in [-0.05, 0) is 24.5 Å². The summed E-state index contributed by atoms with van der Waals surface area (Å²) in [6.07, 6.45) is -1.31. The molecular formula is C15H18F3N3O. The molecule has 0 N–H and O–H groups in total. The van der Waals surface area contributed by atoms with E-state index in [9.17, 15) is 18.0 Å². The number of nitrogens with zero attached hydrogens (tertiary/aromatic N) is 3. The summed E-state index contributed by atoms with van der Waals surface area (Å²) in [6, 6.07) is 3.00. The molecule has 2 heterocycles. The molecule has 22 heavy (non-hydrogen) atoms. The molecule has 2 aliphatic rings. The molecule has 0 unspecified atom stereocenters. The van der Waals surface area contributed by atoms with Gasteiger partial charge in [0.05, 0.1) is 0 Å². The maximum atomic E-state index is 12.9. The van der Waals surface area contributed by atoms with Crippen LogP contribution in [0.5, 0.6) is 0 Å². The van der Waals surface area contributed by atoms with Crippen LogP contribution < -0.4 is 0 Å². The number of piperazine rings is 1. The summed E-state index contributed by atoms with van der Waals surface area (Å²) in [5, 5.41) is 0. The Morgan fingerprint density at radius 2 is 1.91 bits per heavy atom. The Hall–Kier alpha value is -1.63. The molecule has 4 nitrogen and oxygen atoms in total. The molecule has 0 aromatic carbocycles. The van der Waals surface area contributed by atoms with Crippen LogP contribution in [0.4, 0.5) is 13.2 Å². The average molecular weight is 313 g/mol. The number of carbonyl (C=O) groups is 1. The van der Waals surface area contributed by atoms with Gasteiger partial charge in [-0.1, -0.05) is 6.07 Å². The van der Waals surface area contributed by atoms with Gasteiger partial charge in [0.25, 0.3) is 0 Å². The number of alkyl halides is 3. The molecule has 2 fully saturated rings. The Kier molecular flexibility index (Phi) is 4.08. The molecule has 3 rings (SSSR count). The highest BCUT2D eigenvalue weighted by atomic mass is 19.4. The van der Waals surface area contributed by atoms with E-state index in [1.54, 1.807) is 0 Å². The van der Waals surface area contributed by atoms with Crippen LogP contribution >= 0.6 is 0 Å². The zero-order chi connectivity index (χ0) is 15.7. The molecule has 120 valence electrons. The Labute approximate surface area is 126 Å². The minimum atomic E-state index is -4.43. The summed E-state index contributed by atoms with van der Waals surface area (Å²) in [7, 11) is 0. The maximum Gasteiger partial charge on any atom is 0.433 e. The van der Waals surface area contributed by atoms with E-state index >= 15 is 0 Å². The van der Waals surface area contributed by atoms with Crippen LogP contribution in [0.1, 0.15) is 24.1 Å². The lowest BCUT2D eigenvalue weighted by Gasteiger charge is -2.35. The van der Waals surface area contributed by atoms with Crippen molar-refractivity contribution >= 4 is 5.91 Å². The largest absolute Gasteiger partial charge is 0.433 e. The van der Waals surface area contributed by atoms with Gasteiger partial charge in [-0.2, -0.15) is 13.2 Å². The van der Waals surface area contributed by atoms with Gasteiger partial charge in [-0.15, -0.1) is 0 Å². The molecule has 1 aliphatic heterocycles. The zero-order valence-corrected chi connectivity index (χ0v) is 12.1. The summed E-state index contributed by atoms with van der Waals surface area (Å²) in [6.45, 7) is 2.61. The highest BCUT2D eigenvalue weighted by molar-refractivity contribution is 5.81. The molecule has 0 atom stereocenters. The lowest BCUT2D eigenvalue weighted by Crippen LogP contribution is -2.48. The van der Waals surface area contributed by atoms with Gasteiger partial charge in [0.1, 0.15) is 5.69 Å². The minimum Gasteiger partial charge on any atom is -0.340 e. The van der Waals surface area contributed by atoms with Gasteiger partial charge in [-0.3, -0.25) is 14.7 Å². The first kappa shape index (κ1) is 15.3. The van der Waals surface area contributed by atoms with Gasteiger partial charge in [-0.25, -0.2) is 0 Å². The minimum absolute atomic E-state index is 0.192. The van der Waals surface area contributed by atoms with Gasteiger partial charge in [0.2, 0.25) is 5.91 Å². The summed E-state index contributed by atoms with van der Waals surface area (Å²) >= 11 is 0. The number of amides is 1. The SMILES string of the molecule is O=C(C1CC1)N1CCN(Cc2cccnc2C(F)(F)F)CC1. The summed E-state index contributed by atoms with van der Waals surface area (Å²) < 4.78 is 38.8. The second-order valence-electron chi connectivity index (χ2n) is 5.88.